The third kappa shape index (κ3) is 3.51. The summed E-state index contributed by atoms with van der Waals surface area (Å²) < 4.78 is 0. The van der Waals surface area contributed by atoms with Crippen LogP contribution in [0.2, 0.25) is 0 Å². The molecule has 32 heavy (non-hydrogen) atoms. The van der Waals surface area contributed by atoms with Crippen LogP contribution in [-0.4, -0.2) is 38.2 Å². The minimum absolute atomic E-state index is 0.0728. The molecule has 1 aliphatic heterocycles. The smallest absolute Gasteiger partial charge is 0.258 e. The second-order valence-corrected chi connectivity index (χ2v) is 8.43. The van der Waals surface area contributed by atoms with Crippen LogP contribution in [0.25, 0.3) is 16.6 Å². The number of carbonyl (C=O) groups is 2. The van der Waals surface area contributed by atoms with Gasteiger partial charge in [-0.15, -0.1) is 11.3 Å². The third-order valence-corrected chi connectivity index (χ3v) is 6.47. The molecule has 6 nitrogen and oxygen atoms in total. The summed E-state index contributed by atoms with van der Waals surface area (Å²) in [6.45, 7) is 4.46. The fourth-order valence-corrected chi connectivity index (χ4v) is 4.65. The number of para-hydroxylation sites is 1. The highest BCUT2D eigenvalue weighted by molar-refractivity contribution is 7.11. The van der Waals surface area contributed by atoms with Crippen LogP contribution in [0.3, 0.4) is 0 Å². The maximum Gasteiger partial charge on any atom is 0.258 e. The molecule has 5 rings (SSSR count). The van der Waals surface area contributed by atoms with Crippen LogP contribution in [0, 0.1) is 0 Å². The van der Waals surface area contributed by atoms with Crippen LogP contribution in [0.4, 0.5) is 0 Å². The van der Waals surface area contributed by atoms with Gasteiger partial charge in [0, 0.05) is 52.3 Å². The van der Waals surface area contributed by atoms with Crippen molar-refractivity contribution in [2.24, 2.45) is 0 Å². The van der Waals surface area contributed by atoms with Crippen molar-refractivity contribution >= 4 is 39.6 Å². The van der Waals surface area contributed by atoms with Gasteiger partial charge in [0.2, 0.25) is 5.78 Å². The Hall–Kier alpha value is -3.68. The summed E-state index contributed by atoms with van der Waals surface area (Å²) in [4.78, 5) is 35.8. The number of thiazole rings is 1. The topological polar surface area (TPSA) is 83.4 Å². The molecule has 0 bridgehead atoms. The Bertz CT molecular complexity index is 1340. The molecule has 0 saturated carbocycles. The van der Waals surface area contributed by atoms with Gasteiger partial charge >= 0.3 is 0 Å². The van der Waals surface area contributed by atoms with Crippen molar-refractivity contribution < 1.29 is 14.7 Å². The number of hydrogen-bond donors (Lipinski definition) is 1. The molecule has 158 valence electrons. The van der Waals surface area contributed by atoms with Crippen LogP contribution in [-0.2, 0) is 6.42 Å². The lowest BCUT2D eigenvalue weighted by molar-refractivity contribution is 0.0746. The number of Topliss-reactive ketones (excluding diaryl/α,β-unsaturated/α-hetero) is 1. The Morgan fingerprint density at radius 2 is 1.88 bits per heavy atom. The standard InChI is InChI=1S/C25H19N3O3S/c1-15-19-7-3-4-8-20(19)25(31)28(15)11-10-18-14-32-24(27-18)23(30)22(29)17-12-16-6-2-5-9-21(16)26-13-17/h2-9,12-14,22,29H,1,10-11H2. The number of carbonyl (C=O) groups excluding carboxylic acids is 2. The van der Waals surface area contributed by atoms with E-state index in [2.05, 4.69) is 16.5 Å². The molecule has 0 aliphatic carbocycles. The molecule has 1 N–H and O–H groups in total. The molecule has 1 atom stereocenters. The Morgan fingerprint density at radius 3 is 2.69 bits per heavy atom. The first-order valence-corrected chi connectivity index (χ1v) is 11.0. The molecule has 2 aromatic heterocycles. The van der Waals surface area contributed by atoms with Gasteiger partial charge in [0.15, 0.2) is 5.01 Å². The van der Waals surface area contributed by atoms with Gasteiger partial charge in [-0.25, -0.2) is 4.98 Å². The summed E-state index contributed by atoms with van der Waals surface area (Å²) >= 11 is 1.19. The van der Waals surface area contributed by atoms with Crippen LogP contribution in [0.1, 0.15) is 43.1 Å². The highest BCUT2D eigenvalue weighted by Crippen LogP contribution is 2.31. The summed E-state index contributed by atoms with van der Waals surface area (Å²) in [6, 6.07) is 16.7. The van der Waals surface area contributed by atoms with E-state index in [4.69, 9.17) is 0 Å². The number of amides is 1. The minimum Gasteiger partial charge on any atom is -0.380 e. The number of aliphatic hydroxyl groups excluding tert-OH is 1. The number of aliphatic hydroxyl groups is 1. The number of ketones is 1. The van der Waals surface area contributed by atoms with Crippen molar-refractivity contribution in [2.75, 3.05) is 6.54 Å². The molecule has 0 saturated heterocycles. The summed E-state index contributed by atoms with van der Waals surface area (Å²) in [7, 11) is 0. The maximum absolute atomic E-state index is 12.8. The van der Waals surface area contributed by atoms with E-state index < -0.39 is 11.9 Å². The summed E-state index contributed by atoms with van der Waals surface area (Å²) in [5, 5.41) is 13.5. The second kappa shape index (κ2) is 8.11. The van der Waals surface area contributed by atoms with Crippen LogP contribution < -0.4 is 0 Å². The van der Waals surface area contributed by atoms with E-state index in [0.717, 1.165) is 16.5 Å². The largest absolute Gasteiger partial charge is 0.380 e. The van der Waals surface area contributed by atoms with Crippen molar-refractivity contribution in [3.8, 4) is 0 Å². The summed E-state index contributed by atoms with van der Waals surface area (Å²) in [5.74, 6) is -0.538. The zero-order chi connectivity index (χ0) is 22.2. The first kappa shape index (κ1) is 20.2. The Balaban J connectivity index is 1.28. The Labute approximate surface area is 188 Å². The average molecular weight is 442 g/mol. The molecule has 0 fully saturated rings. The van der Waals surface area contributed by atoms with Gasteiger partial charge in [0.1, 0.15) is 6.10 Å². The first-order valence-electron chi connectivity index (χ1n) is 10.1. The van der Waals surface area contributed by atoms with Crippen molar-refractivity contribution in [3.63, 3.8) is 0 Å². The van der Waals surface area contributed by atoms with Gasteiger partial charge in [0.25, 0.3) is 5.91 Å². The van der Waals surface area contributed by atoms with Crippen molar-refractivity contribution in [1.29, 1.82) is 0 Å². The molecule has 7 heteroatoms. The average Bonchev–Trinajstić information content (AvgIpc) is 3.40. The lowest BCUT2D eigenvalue weighted by Crippen LogP contribution is -2.25. The number of fused-ring (bicyclic) bond motifs is 2. The SMILES string of the molecule is C=C1c2ccccc2C(=O)N1CCc1csc(C(=O)C(O)c2cnc3ccccc3c2)n1. The van der Waals surface area contributed by atoms with Gasteiger partial charge in [0.05, 0.1) is 11.2 Å². The number of hydrogen-bond acceptors (Lipinski definition) is 6. The zero-order valence-corrected chi connectivity index (χ0v) is 17.9. The predicted molar refractivity (Wildman–Crippen MR) is 123 cm³/mol. The van der Waals surface area contributed by atoms with Gasteiger partial charge in [-0.05, 0) is 18.2 Å². The maximum atomic E-state index is 12.8. The van der Waals surface area contributed by atoms with Crippen LogP contribution in [0.15, 0.2) is 72.8 Å². The predicted octanol–water partition coefficient (Wildman–Crippen LogP) is 4.28. The van der Waals surface area contributed by atoms with E-state index in [1.54, 1.807) is 22.4 Å². The molecular weight excluding hydrogens is 422 g/mol. The van der Waals surface area contributed by atoms with E-state index >= 15 is 0 Å². The normalized spacial score (nSPS) is 14.1. The second-order valence-electron chi connectivity index (χ2n) is 7.57. The van der Waals surface area contributed by atoms with Crippen molar-refractivity contribution in [3.05, 3.63) is 100 Å². The van der Waals surface area contributed by atoms with Gasteiger partial charge < -0.3 is 10.0 Å². The Kier molecular flexibility index (Phi) is 5.13. The van der Waals surface area contributed by atoms with Gasteiger partial charge in [-0.2, -0.15) is 0 Å². The molecule has 4 aromatic rings. The first-order chi connectivity index (χ1) is 15.5. The lowest BCUT2D eigenvalue weighted by atomic mass is 10.1. The zero-order valence-electron chi connectivity index (χ0n) is 17.1. The lowest BCUT2D eigenvalue weighted by Gasteiger charge is -2.16. The van der Waals surface area contributed by atoms with Crippen molar-refractivity contribution in [1.82, 2.24) is 14.9 Å². The quantitative estimate of drug-likeness (QED) is 0.452. The highest BCUT2D eigenvalue weighted by Gasteiger charge is 2.30. The van der Waals surface area contributed by atoms with E-state index in [0.29, 0.717) is 35.5 Å². The van der Waals surface area contributed by atoms with Crippen LogP contribution in [0.5, 0.6) is 0 Å². The number of aromatic nitrogens is 2. The van der Waals surface area contributed by atoms with Crippen molar-refractivity contribution in [2.45, 2.75) is 12.5 Å². The number of pyridine rings is 1. The highest BCUT2D eigenvalue weighted by atomic mass is 32.1. The summed E-state index contributed by atoms with van der Waals surface area (Å²) in [6.07, 6.45) is 0.665. The van der Waals surface area contributed by atoms with E-state index in [1.807, 2.05) is 42.5 Å². The molecule has 0 radical (unpaired) electrons. The number of nitrogens with zero attached hydrogens (tertiary/aromatic N) is 3. The molecule has 1 amide bonds. The minimum atomic E-state index is -1.33. The third-order valence-electron chi connectivity index (χ3n) is 5.57. The molecule has 1 unspecified atom stereocenters. The fraction of sp³-hybridized carbons (Fsp3) is 0.120. The van der Waals surface area contributed by atoms with E-state index in [1.165, 1.54) is 17.5 Å². The summed E-state index contributed by atoms with van der Waals surface area (Å²) in [5.41, 5.74) is 4.10. The monoisotopic (exact) mass is 441 g/mol. The number of rotatable bonds is 6. The Morgan fingerprint density at radius 1 is 1.12 bits per heavy atom. The van der Waals surface area contributed by atoms with Gasteiger partial charge in [-0.3, -0.25) is 14.6 Å². The molecule has 1 aliphatic rings. The van der Waals surface area contributed by atoms with E-state index in [9.17, 15) is 14.7 Å². The molecule has 3 heterocycles. The molecular formula is C25H19N3O3S. The molecule has 0 spiro atoms. The van der Waals surface area contributed by atoms with Crippen LogP contribution >= 0.6 is 11.3 Å². The van der Waals surface area contributed by atoms with E-state index in [-0.39, 0.29) is 10.9 Å². The molecule has 2 aromatic carbocycles. The fourth-order valence-electron chi connectivity index (χ4n) is 3.84. The number of benzene rings is 2. The van der Waals surface area contributed by atoms with Gasteiger partial charge in [-0.1, -0.05) is 43.0 Å².